The fourth-order valence-electron chi connectivity index (χ4n) is 33.7. The number of hydrogen-bond donors (Lipinski definition) is 0. The van der Waals surface area contributed by atoms with Gasteiger partial charge in [0.05, 0.1) is 0 Å². The fraction of sp³-hybridized carbons (Fsp3) is 0.667. The van der Waals surface area contributed by atoms with Gasteiger partial charge >= 0.3 is 347 Å². The van der Waals surface area contributed by atoms with Gasteiger partial charge in [0, 0.05) is 0 Å². The first-order chi connectivity index (χ1) is 28.4. The Labute approximate surface area is 344 Å². The molecule has 18 aliphatic rings. The zero-order valence-electron chi connectivity index (χ0n) is 35.3. The second kappa shape index (κ2) is 6.02. The van der Waals surface area contributed by atoms with Crippen molar-refractivity contribution in [3.05, 3.63) is 84.2 Å². The summed E-state index contributed by atoms with van der Waals surface area (Å²) >= 11 is 0. The number of rotatable bonds is 7. The second-order valence-electron chi connectivity index (χ2n) is 28.4. The van der Waals surface area contributed by atoms with E-state index in [1.807, 2.05) is 0 Å². The normalized spacial score (nSPS) is 65.2. The maximum absolute atomic E-state index is 5.95. The Morgan fingerprint density at radius 2 is 1.00 bits per heavy atom. The van der Waals surface area contributed by atoms with E-state index in [0.29, 0.717) is 14.0 Å². The third-order valence-electron chi connectivity index (χ3n) is 30.5. The number of aromatic nitrogens is 2. The Bertz CT molecular complexity index is 3010. The van der Waals surface area contributed by atoms with Crippen molar-refractivity contribution in [1.82, 2.24) is 9.97 Å². The SMILES string of the molecule is CC(C)(C)[C]12[CH]3[C]4(CP(C5C6CC7CC(C6)CC5C7)C5C6CC7CC(C6)CC5C7)[C]5(C(P)(c6ccc7ccccc7n6)c6ccc7ccccc7n6)[CH]1[Fe]34251678[CH]2[CH]1[CH]6[CH]7[CH]28. The van der Waals surface area contributed by atoms with Gasteiger partial charge in [-0.2, -0.15) is 0 Å². The summed E-state index contributed by atoms with van der Waals surface area (Å²) in [5.74, 6) is 8.68. The second-order valence-corrected chi connectivity index (χ2v) is 54.7. The molecule has 6 atom stereocenters. The van der Waals surface area contributed by atoms with Crippen molar-refractivity contribution in [1.29, 1.82) is 0 Å². The standard InChI is InChI=1S/C49H57N2P2.C5H5.Fe/c1-48(2,3)40-26-39(28-53(46-35-18-29-16-30(20-35)21-36(46)19-29)47-37-22-31-17-32(24-37)25-38(47)23-31)41(27-40)49(52,44-14-12-33-8-4-6-10-42(33)50-44)45-15-13-34-9-5-7-11-43(34)51-45;1-2-4-5-3-1;/h4-15,26-27,29-32,35-38,46-47H,16-25,28,52H2,1-3H3;1-5H;. The molecule has 10 saturated heterocycles. The Hall–Kier alpha value is -1.36. The van der Waals surface area contributed by atoms with E-state index in [1.54, 1.807) is 70.4 Å². The van der Waals surface area contributed by atoms with Gasteiger partial charge in [0.1, 0.15) is 0 Å². The zero-order valence-corrected chi connectivity index (χ0v) is 38.4. The molecule has 6 unspecified atom stereocenters. The van der Waals surface area contributed by atoms with Crippen molar-refractivity contribution >= 4 is 39.0 Å². The predicted molar refractivity (Wildman–Crippen MR) is 241 cm³/mol. The summed E-state index contributed by atoms with van der Waals surface area (Å²) in [6.45, 7) is 3.95. The van der Waals surface area contributed by atoms with Crippen LogP contribution in [0.3, 0.4) is 0 Å². The van der Waals surface area contributed by atoms with E-state index < -0.39 is 6.51 Å². The van der Waals surface area contributed by atoms with Crippen molar-refractivity contribution in [2.45, 2.75) is 148 Å². The van der Waals surface area contributed by atoms with Crippen LogP contribution in [0, 0.1) is 52.8 Å². The third kappa shape index (κ3) is 1.19. The van der Waals surface area contributed by atoms with Gasteiger partial charge in [-0.3, -0.25) is 0 Å². The Kier molecular flexibility index (Phi) is 3.21. The third-order valence-corrected chi connectivity index (χ3v) is 80.7. The van der Waals surface area contributed by atoms with Crippen molar-refractivity contribution in [3.8, 4) is 0 Å². The van der Waals surface area contributed by atoms with Crippen LogP contribution < -0.4 is 0 Å². The van der Waals surface area contributed by atoms with E-state index in [9.17, 15) is 0 Å². The number of nitrogens with zero attached hydrogens (tertiary/aromatic N) is 2. The van der Waals surface area contributed by atoms with Crippen LogP contribution in [0.15, 0.2) is 72.8 Å². The van der Waals surface area contributed by atoms with Crippen LogP contribution in [0.25, 0.3) is 21.8 Å². The predicted octanol–water partition coefficient (Wildman–Crippen LogP) is 14.6. The first-order valence-corrected chi connectivity index (χ1v) is 33.2. The molecule has 4 aromatic rings. The quantitative estimate of drug-likeness (QED) is 0.137. The van der Waals surface area contributed by atoms with E-state index in [2.05, 4.69) is 103 Å². The monoisotopic (exact) mass is 856 g/mol. The molecule has 306 valence electrons. The van der Waals surface area contributed by atoms with Gasteiger partial charge in [-0.1, -0.05) is 0 Å². The Balaban J connectivity index is 0.883. The van der Waals surface area contributed by atoms with E-state index in [4.69, 9.17) is 9.97 Å². The molecule has 10 aliphatic heterocycles. The number of benzene rings is 2. The van der Waals surface area contributed by atoms with Crippen LogP contribution >= 0.6 is 17.2 Å². The minimum absolute atomic E-state index is 0.0132. The number of para-hydroxylation sites is 2. The van der Waals surface area contributed by atoms with Gasteiger partial charge in [0.25, 0.3) is 0 Å². The Morgan fingerprint density at radius 3 is 1.41 bits per heavy atom. The molecular weight excluding hydrogens is 794 g/mol. The van der Waals surface area contributed by atoms with Crippen LogP contribution in [0.5, 0.6) is 0 Å². The molecular formula is C54H62FeN2P2. The molecule has 2 aromatic carbocycles. The van der Waals surface area contributed by atoms with Crippen LogP contribution in [-0.4, -0.2) is 27.4 Å². The average molecular weight is 857 g/mol. The molecule has 12 heterocycles. The molecule has 18 fully saturated rings. The molecule has 22 rings (SSSR count). The summed E-state index contributed by atoms with van der Waals surface area (Å²) in [5.41, 5.74) is 7.86. The van der Waals surface area contributed by atoms with Gasteiger partial charge in [0.15, 0.2) is 0 Å². The summed E-state index contributed by atoms with van der Waals surface area (Å²) in [6, 6.07) is 28.2. The van der Waals surface area contributed by atoms with Crippen LogP contribution in [0.2, 0.25) is 46.7 Å². The summed E-state index contributed by atoms with van der Waals surface area (Å²) in [7, 11) is 3.89. The molecule has 2 aromatic heterocycles. The van der Waals surface area contributed by atoms with Gasteiger partial charge in [-0.05, 0) is 0 Å². The van der Waals surface area contributed by atoms with Gasteiger partial charge in [0.2, 0.25) is 0 Å². The van der Waals surface area contributed by atoms with Crippen molar-refractivity contribution in [2.75, 3.05) is 6.16 Å². The molecule has 59 heavy (non-hydrogen) atoms. The van der Waals surface area contributed by atoms with E-state index in [1.165, 1.54) is 62.1 Å². The van der Waals surface area contributed by atoms with Gasteiger partial charge < -0.3 is 0 Å². The molecule has 0 radical (unpaired) electrons. The molecule has 0 amide bonds. The molecule has 0 N–H and O–H groups in total. The summed E-state index contributed by atoms with van der Waals surface area (Å²) in [6.07, 6.45) is 18.0. The molecule has 8 saturated carbocycles. The maximum atomic E-state index is 5.95. The van der Waals surface area contributed by atoms with Crippen molar-refractivity contribution in [3.63, 3.8) is 0 Å². The van der Waals surface area contributed by atoms with Crippen molar-refractivity contribution in [2.24, 2.45) is 52.8 Å². The first kappa shape index (κ1) is 31.5. The van der Waals surface area contributed by atoms with E-state index in [0.717, 1.165) is 67.8 Å². The van der Waals surface area contributed by atoms with E-state index >= 15 is 0 Å². The molecule has 1 spiro atoms. The van der Waals surface area contributed by atoms with Crippen LogP contribution in [0.4, 0.5) is 0 Å². The first-order valence-electron chi connectivity index (χ1n) is 24.9. The molecule has 5 heteroatoms. The topological polar surface area (TPSA) is 25.8 Å². The minimum atomic E-state index is -4.51. The summed E-state index contributed by atoms with van der Waals surface area (Å²) in [4.78, 5) is 20.2. The molecule has 8 aliphatic carbocycles. The van der Waals surface area contributed by atoms with Crippen molar-refractivity contribution < 1.29 is 6.51 Å². The van der Waals surface area contributed by atoms with E-state index in [-0.39, 0.29) is 13.1 Å². The number of pyridine rings is 2. The fourth-order valence-corrected chi connectivity index (χ4v) is 127. The van der Waals surface area contributed by atoms with Gasteiger partial charge in [-0.15, -0.1) is 0 Å². The average Bonchev–Trinajstić information content (AvgIpc) is 4.17. The van der Waals surface area contributed by atoms with Gasteiger partial charge in [-0.25, -0.2) is 0 Å². The summed E-state index contributed by atoms with van der Waals surface area (Å²) in [5, 5.41) is 2.40. The number of fused-ring (bicyclic) bond motifs is 12. The van der Waals surface area contributed by atoms with Crippen LogP contribution in [0.1, 0.15) is 96.4 Å². The molecule has 2 nitrogen and oxygen atoms in total. The van der Waals surface area contributed by atoms with Crippen LogP contribution in [-0.2, 0) is 11.7 Å². The zero-order chi connectivity index (χ0) is 38.4. The molecule has 8 bridgehead atoms. The Morgan fingerprint density at radius 1 is 0.576 bits per heavy atom. The number of hydrogen-bond acceptors (Lipinski definition) is 2. The summed E-state index contributed by atoms with van der Waals surface area (Å²) < 4.78 is 1.89.